The second-order valence-corrected chi connectivity index (χ2v) is 9.99. The zero-order chi connectivity index (χ0) is 25.3. The molecule has 0 bridgehead atoms. The number of carbonyl (C=O) groups excluding carboxylic acids is 3. The number of benzene rings is 1. The maximum atomic E-state index is 13.0. The van der Waals surface area contributed by atoms with Crippen molar-refractivity contribution in [2.75, 3.05) is 32.0 Å². The summed E-state index contributed by atoms with van der Waals surface area (Å²) in [7, 11) is 1.51. The molecule has 12 heteroatoms. The molecule has 4 rings (SSSR count). The van der Waals surface area contributed by atoms with Crippen molar-refractivity contribution in [2.45, 2.75) is 45.4 Å². The molecule has 3 heterocycles. The molecule has 35 heavy (non-hydrogen) atoms. The molecule has 0 atom stereocenters. The Morgan fingerprint density at radius 3 is 2.66 bits per heavy atom. The second-order valence-electron chi connectivity index (χ2n) is 9.56. The van der Waals surface area contributed by atoms with Gasteiger partial charge < -0.3 is 19.9 Å². The van der Waals surface area contributed by atoms with Gasteiger partial charge in [0.15, 0.2) is 5.69 Å². The number of halogens is 1. The van der Waals surface area contributed by atoms with Gasteiger partial charge in [0.2, 0.25) is 0 Å². The summed E-state index contributed by atoms with van der Waals surface area (Å²) in [6, 6.07) is 6.61. The number of ether oxygens (including phenoxy) is 1. The van der Waals surface area contributed by atoms with Crippen LogP contribution in [0.25, 0.3) is 0 Å². The van der Waals surface area contributed by atoms with Gasteiger partial charge in [0, 0.05) is 42.0 Å². The van der Waals surface area contributed by atoms with Gasteiger partial charge in [-0.1, -0.05) is 17.7 Å². The number of fused-ring (bicyclic) bond motifs is 1. The standard InChI is InChI=1S/C23H29ClN6O5/c1-23(2,3)34-22(33)30-11-16(12-30)35-28(4)20(31)19-17-13-29(9-8-18(17)26-27-19)21(32)25-15-7-5-6-14(24)10-15/h5-7,10,16H,8-9,11-13H2,1-4H3,(H,25,32)(H,26,27). The number of aromatic nitrogens is 2. The Bertz CT molecular complexity index is 1120. The van der Waals surface area contributed by atoms with Gasteiger partial charge in [-0.3, -0.25) is 14.7 Å². The minimum atomic E-state index is -0.576. The number of urea groups is 1. The van der Waals surface area contributed by atoms with Crippen LogP contribution in [0.2, 0.25) is 5.02 Å². The third kappa shape index (κ3) is 5.85. The van der Waals surface area contributed by atoms with E-state index in [1.165, 1.54) is 11.9 Å². The van der Waals surface area contributed by atoms with E-state index in [1.54, 1.807) is 49.9 Å². The lowest BCUT2D eigenvalue weighted by Crippen LogP contribution is -2.57. The van der Waals surface area contributed by atoms with Gasteiger partial charge in [-0.15, -0.1) is 0 Å². The minimum absolute atomic E-state index is 0.200. The van der Waals surface area contributed by atoms with Gasteiger partial charge in [-0.25, -0.2) is 14.7 Å². The molecule has 11 nitrogen and oxygen atoms in total. The van der Waals surface area contributed by atoms with Crippen LogP contribution in [0.1, 0.15) is 42.5 Å². The minimum Gasteiger partial charge on any atom is -0.444 e. The highest BCUT2D eigenvalue weighted by Gasteiger charge is 2.37. The number of H-pyrrole nitrogens is 1. The Kier molecular flexibility index (Phi) is 6.91. The Morgan fingerprint density at radius 2 is 1.97 bits per heavy atom. The molecule has 2 aliphatic rings. The Labute approximate surface area is 208 Å². The lowest BCUT2D eigenvalue weighted by molar-refractivity contribution is -0.186. The van der Waals surface area contributed by atoms with Gasteiger partial charge in [-0.2, -0.15) is 5.10 Å². The van der Waals surface area contributed by atoms with Gasteiger partial charge in [0.05, 0.1) is 19.6 Å². The summed E-state index contributed by atoms with van der Waals surface area (Å²) >= 11 is 5.99. The topological polar surface area (TPSA) is 120 Å². The fourth-order valence-corrected chi connectivity index (χ4v) is 4.01. The van der Waals surface area contributed by atoms with E-state index in [1.807, 2.05) is 0 Å². The van der Waals surface area contributed by atoms with Crippen LogP contribution in [0.3, 0.4) is 0 Å². The van der Waals surface area contributed by atoms with Crippen molar-refractivity contribution in [2.24, 2.45) is 0 Å². The normalized spacial score (nSPS) is 15.8. The van der Waals surface area contributed by atoms with Crippen LogP contribution in [0, 0.1) is 0 Å². The van der Waals surface area contributed by atoms with E-state index in [4.69, 9.17) is 21.2 Å². The number of hydrogen-bond acceptors (Lipinski definition) is 6. The summed E-state index contributed by atoms with van der Waals surface area (Å²) < 4.78 is 5.33. The van der Waals surface area contributed by atoms with E-state index in [2.05, 4.69) is 15.5 Å². The van der Waals surface area contributed by atoms with Crippen LogP contribution in [0.4, 0.5) is 15.3 Å². The predicted molar refractivity (Wildman–Crippen MR) is 128 cm³/mol. The monoisotopic (exact) mass is 504 g/mol. The van der Waals surface area contributed by atoms with Gasteiger partial charge in [0.1, 0.15) is 11.7 Å². The summed E-state index contributed by atoms with van der Waals surface area (Å²) in [5.74, 6) is -0.435. The van der Waals surface area contributed by atoms with Crippen molar-refractivity contribution in [1.82, 2.24) is 25.1 Å². The summed E-state index contributed by atoms with van der Waals surface area (Å²) in [5.41, 5.74) is 1.68. The molecule has 0 radical (unpaired) electrons. The van der Waals surface area contributed by atoms with Crippen LogP contribution >= 0.6 is 11.6 Å². The lowest BCUT2D eigenvalue weighted by Gasteiger charge is -2.40. The van der Waals surface area contributed by atoms with E-state index in [0.29, 0.717) is 42.3 Å². The van der Waals surface area contributed by atoms with E-state index < -0.39 is 17.6 Å². The Balaban J connectivity index is 1.33. The quantitative estimate of drug-likeness (QED) is 0.616. The van der Waals surface area contributed by atoms with Gasteiger partial charge in [0.25, 0.3) is 5.91 Å². The highest BCUT2D eigenvalue weighted by Crippen LogP contribution is 2.24. The molecule has 1 fully saturated rings. The van der Waals surface area contributed by atoms with Crippen molar-refractivity contribution in [3.05, 3.63) is 46.2 Å². The first kappa shape index (κ1) is 24.8. The number of likely N-dealkylation sites (tertiary alicyclic amines) is 1. The SMILES string of the molecule is CN(OC1CN(C(=O)OC(C)(C)C)C1)C(=O)c1n[nH]c2c1CN(C(=O)Nc1cccc(Cl)c1)CC2. The van der Waals surface area contributed by atoms with Crippen LogP contribution in [-0.2, 0) is 22.5 Å². The summed E-state index contributed by atoms with van der Waals surface area (Å²) in [6.45, 7) is 6.76. The van der Waals surface area contributed by atoms with Crippen molar-refractivity contribution in [3.8, 4) is 0 Å². The van der Waals surface area contributed by atoms with E-state index >= 15 is 0 Å². The van der Waals surface area contributed by atoms with Gasteiger partial charge >= 0.3 is 12.1 Å². The van der Waals surface area contributed by atoms with E-state index in [9.17, 15) is 14.4 Å². The van der Waals surface area contributed by atoms with Crippen LogP contribution in [0.5, 0.6) is 0 Å². The zero-order valence-corrected chi connectivity index (χ0v) is 20.9. The first-order chi connectivity index (χ1) is 16.5. The number of hydrogen-bond donors (Lipinski definition) is 2. The van der Waals surface area contributed by atoms with Gasteiger partial charge in [-0.05, 0) is 39.0 Å². The first-order valence-electron chi connectivity index (χ1n) is 11.3. The summed E-state index contributed by atoms with van der Waals surface area (Å²) in [4.78, 5) is 46.7. The summed E-state index contributed by atoms with van der Waals surface area (Å²) in [5, 5.41) is 11.6. The fourth-order valence-electron chi connectivity index (χ4n) is 3.82. The molecule has 0 unspecified atom stereocenters. The predicted octanol–water partition coefficient (Wildman–Crippen LogP) is 3.28. The number of nitrogens with zero attached hydrogens (tertiary/aromatic N) is 4. The van der Waals surface area contributed by atoms with E-state index in [-0.39, 0.29) is 24.4 Å². The molecule has 0 aliphatic carbocycles. The van der Waals surface area contributed by atoms with Crippen LogP contribution in [-0.4, -0.2) is 81.5 Å². The maximum absolute atomic E-state index is 13.0. The molecule has 1 aromatic heterocycles. The number of rotatable bonds is 4. The van der Waals surface area contributed by atoms with Crippen molar-refractivity contribution < 1.29 is 24.0 Å². The van der Waals surface area contributed by atoms with E-state index in [0.717, 1.165) is 10.8 Å². The number of aromatic amines is 1. The largest absolute Gasteiger partial charge is 0.444 e. The molecule has 2 aliphatic heterocycles. The molecule has 4 amide bonds. The average molecular weight is 505 g/mol. The lowest BCUT2D eigenvalue weighted by atomic mass is 10.1. The number of amides is 4. The van der Waals surface area contributed by atoms with Crippen LogP contribution < -0.4 is 5.32 Å². The number of nitrogens with one attached hydrogen (secondary N) is 2. The molecule has 188 valence electrons. The molecule has 0 saturated carbocycles. The number of carbonyl (C=O) groups is 3. The summed E-state index contributed by atoms with van der Waals surface area (Å²) in [6.07, 6.45) is -0.202. The number of anilines is 1. The molecule has 1 aromatic carbocycles. The molecule has 1 saturated heterocycles. The number of hydroxylamine groups is 2. The van der Waals surface area contributed by atoms with Crippen molar-refractivity contribution in [3.63, 3.8) is 0 Å². The second kappa shape index (κ2) is 9.74. The maximum Gasteiger partial charge on any atom is 0.410 e. The molecule has 2 aromatic rings. The van der Waals surface area contributed by atoms with Crippen LogP contribution in [0.15, 0.2) is 24.3 Å². The molecule has 2 N–H and O–H groups in total. The molecular weight excluding hydrogens is 476 g/mol. The average Bonchev–Trinajstić information content (AvgIpc) is 3.17. The molecular formula is C23H29ClN6O5. The smallest absolute Gasteiger partial charge is 0.410 e. The fraction of sp³-hybridized carbons (Fsp3) is 0.478. The third-order valence-corrected chi connectivity index (χ3v) is 5.83. The van der Waals surface area contributed by atoms with Crippen molar-refractivity contribution in [1.29, 1.82) is 0 Å². The van der Waals surface area contributed by atoms with Crippen molar-refractivity contribution >= 4 is 35.3 Å². The Morgan fingerprint density at radius 1 is 1.23 bits per heavy atom. The Hall–Kier alpha value is -3.31. The third-order valence-electron chi connectivity index (χ3n) is 5.59. The highest BCUT2D eigenvalue weighted by molar-refractivity contribution is 6.30. The molecule has 0 spiro atoms. The highest BCUT2D eigenvalue weighted by atomic mass is 35.5. The zero-order valence-electron chi connectivity index (χ0n) is 20.1. The first-order valence-corrected chi connectivity index (χ1v) is 11.7.